The molecule has 2 rings (SSSR count). The van der Waals surface area contributed by atoms with Crippen LogP contribution in [0, 0.1) is 0 Å². The van der Waals surface area contributed by atoms with Gasteiger partial charge in [0.15, 0.2) is 5.96 Å². The highest BCUT2D eigenvalue weighted by atomic mass is 32.2. The van der Waals surface area contributed by atoms with Crippen molar-refractivity contribution in [1.82, 2.24) is 4.72 Å². The molecule has 0 amide bonds. The molecule has 0 spiro atoms. The number of aliphatic imine (C=N–C) groups is 1. The molecule has 0 saturated carbocycles. The molecule has 146 valence electrons. The molecule has 0 aliphatic heterocycles. The largest absolute Gasteiger partial charge is 0.370 e. The van der Waals surface area contributed by atoms with Crippen molar-refractivity contribution in [2.24, 2.45) is 10.7 Å². The van der Waals surface area contributed by atoms with Crippen LogP contribution in [-0.2, 0) is 29.4 Å². The number of hydrogen-bond donors (Lipinski definition) is 3. The molecule has 2 aromatic carbocycles. The second-order valence-corrected chi connectivity index (χ2v) is 7.90. The average molecular weight is 389 g/mol. The number of sulfonamides is 1. The Morgan fingerprint density at radius 2 is 1.59 bits per heavy atom. The predicted octanol–water partition coefficient (Wildman–Crippen LogP) is 3.04. The highest BCUT2D eigenvalue weighted by Gasteiger charge is 2.12. The number of aryl methyl sites for hydroxylation is 2. The zero-order chi connectivity index (χ0) is 19.9. The van der Waals surface area contributed by atoms with Gasteiger partial charge in [0, 0.05) is 12.2 Å². The summed E-state index contributed by atoms with van der Waals surface area (Å²) in [6.45, 7) is 6.69. The van der Waals surface area contributed by atoms with E-state index in [0.717, 1.165) is 24.1 Å². The van der Waals surface area contributed by atoms with Crippen molar-refractivity contribution in [3.8, 4) is 0 Å². The minimum absolute atomic E-state index is 0.243. The molecule has 0 fully saturated rings. The van der Waals surface area contributed by atoms with Gasteiger partial charge in [0.25, 0.3) is 0 Å². The highest BCUT2D eigenvalue weighted by Crippen LogP contribution is 2.22. The minimum Gasteiger partial charge on any atom is -0.370 e. The van der Waals surface area contributed by atoms with Gasteiger partial charge in [0.2, 0.25) is 10.0 Å². The fraction of sp³-hybridized carbons (Fsp3) is 0.350. The maximum absolute atomic E-state index is 12.0. The van der Waals surface area contributed by atoms with Gasteiger partial charge < -0.3 is 11.1 Å². The summed E-state index contributed by atoms with van der Waals surface area (Å²) in [6.07, 6.45) is 1.82. The normalized spacial score (nSPS) is 12.2. The highest BCUT2D eigenvalue weighted by molar-refractivity contribution is 7.89. The molecule has 0 heterocycles. The lowest BCUT2D eigenvalue weighted by Gasteiger charge is -2.14. The number of guanidine groups is 1. The molecule has 7 heteroatoms. The first kappa shape index (κ1) is 20.9. The summed E-state index contributed by atoms with van der Waals surface area (Å²) < 4.78 is 26.4. The van der Waals surface area contributed by atoms with Gasteiger partial charge in [-0.3, -0.25) is 0 Å². The smallest absolute Gasteiger partial charge is 0.240 e. The molecule has 2 aromatic rings. The number of para-hydroxylation sites is 1. The number of anilines is 1. The second kappa shape index (κ2) is 9.53. The minimum atomic E-state index is -3.44. The summed E-state index contributed by atoms with van der Waals surface area (Å²) in [5.41, 5.74) is 10.4. The third kappa shape index (κ3) is 5.55. The number of nitrogens with one attached hydrogen (secondary N) is 2. The van der Waals surface area contributed by atoms with E-state index in [4.69, 9.17) is 5.73 Å². The van der Waals surface area contributed by atoms with Gasteiger partial charge in [-0.25, -0.2) is 18.1 Å². The maximum Gasteiger partial charge on any atom is 0.240 e. The van der Waals surface area contributed by atoms with E-state index in [2.05, 4.69) is 47.1 Å². The van der Waals surface area contributed by atoms with Crippen LogP contribution in [0.1, 0.15) is 37.5 Å². The molecule has 0 bridgehead atoms. The molecular weight excluding hydrogens is 360 g/mol. The first-order chi connectivity index (χ1) is 12.9. The molecule has 0 aromatic heterocycles. The summed E-state index contributed by atoms with van der Waals surface area (Å²) >= 11 is 0. The van der Waals surface area contributed by atoms with Crippen LogP contribution in [-0.4, -0.2) is 20.9 Å². The first-order valence-corrected chi connectivity index (χ1v) is 10.7. The van der Waals surface area contributed by atoms with Crippen LogP contribution in [0.25, 0.3) is 0 Å². The van der Waals surface area contributed by atoms with Crippen LogP contribution in [0.4, 0.5) is 5.69 Å². The Balaban J connectivity index is 2.10. The molecule has 0 radical (unpaired) electrons. The van der Waals surface area contributed by atoms with Crippen molar-refractivity contribution < 1.29 is 8.42 Å². The van der Waals surface area contributed by atoms with E-state index in [1.807, 2.05) is 0 Å². The Morgan fingerprint density at radius 1 is 1.00 bits per heavy atom. The Labute approximate surface area is 162 Å². The number of rotatable bonds is 8. The quantitative estimate of drug-likeness (QED) is 0.478. The van der Waals surface area contributed by atoms with Gasteiger partial charge in [-0.05, 0) is 41.7 Å². The lowest BCUT2D eigenvalue weighted by Crippen LogP contribution is -2.24. The average Bonchev–Trinajstić information content (AvgIpc) is 2.66. The summed E-state index contributed by atoms with van der Waals surface area (Å²) in [7, 11) is -3.44. The summed E-state index contributed by atoms with van der Waals surface area (Å²) in [5.74, 6) is 0.343. The molecule has 0 atom stereocenters. The van der Waals surface area contributed by atoms with Crippen LogP contribution in [0.15, 0.2) is 52.4 Å². The molecule has 0 aliphatic rings. The van der Waals surface area contributed by atoms with E-state index in [-0.39, 0.29) is 4.90 Å². The standard InChI is InChI=1S/C20H28N4O2S/c1-4-16-8-7-9-17(5-2)19(16)24-20(21)22-14-15-10-12-18(13-11-15)27(25,26)23-6-3/h7-13,23H,4-6,14H2,1-3H3,(H3,21,22,24). The number of hydrogen-bond acceptors (Lipinski definition) is 3. The fourth-order valence-electron chi connectivity index (χ4n) is 2.79. The van der Waals surface area contributed by atoms with Crippen molar-refractivity contribution in [3.05, 3.63) is 59.2 Å². The Morgan fingerprint density at radius 3 is 2.11 bits per heavy atom. The van der Waals surface area contributed by atoms with Gasteiger partial charge in [-0.2, -0.15) is 0 Å². The third-order valence-corrected chi connectivity index (χ3v) is 5.81. The molecule has 0 aliphatic carbocycles. The Bertz CT molecular complexity index is 868. The van der Waals surface area contributed by atoms with Crippen molar-refractivity contribution in [3.63, 3.8) is 0 Å². The van der Waals surface area contributed by atoms with Gasteiger partial charge in [-0.15, -0.1) is 0 Å². The third-order valence-electron chi connectivity index (χ3n) is 4.25. The Hall–Kier alpha value is -2.38. The first-order valence-electron chi connectivity index (χ1n) is 9.17. The molecule has 0 unspecified atom stereocenters. The second-order valence-electron chi connectivity index (χ2n) is 6.13. The molecule has 4 N–H and O–H groups in total. The lowest BCUT2D eigenvalue weighted by atomic mass is 10.0. The SMILES string of the molecule is CCNS(=O)(=O)c1ccc(CN=C(N)Nc2c(CC)cccc2CC)cc1. The fourth-order valence-corrected chi connectivity index (χ4v) is 3.84. The molecule has 6 nitrogen and oxygen atoms in total. The summed E-state index contributed by atoms with van der Waals surface area (Å²) in [4.78, 5) is 4.63. The Kier molecular flexibility index (Phi) is 7.38. The van der Waals surface area contributed by atoms with Crippen molar-refractivity contribution in [2.75, 3.05) is 11.9 Å². The van der Waals surface area contributed by atoms with Crippen LogP contribution < -0.4 is 15.8 Å². The van der Waals surface area contributed by atoms with E-state index < -0.39 is 10.0 Å². The predicted molar refractivity (Wildman–Crippen MR) is 111 cm³/mol. The topological polar surface area (TPSA) is 96.6 Å². The van der Waals surface area contributed by atoms with E-state index >= 15 is 0 Å². The van der Waals surface area contributed by atoms with Gasteiger partial charge in [-0.1, -0.05) is 51.1 Å². The zero-order valence-electron chi connectivity index (χ0n) is 16.1. The monoisotopic (exact) mass is 388 g/mol. The van der Waals surface area contributed by atoms with Crippen LogP contribution in [0.2, 0.25) is 0 Å². The zero-order valence-corrected chi connectivity index (χ0v) is 16.9. The van der Waals surface area contributed by atoms with Crippen molar-refractivity contribution in [1.29, 1.82) is 0 Å². The van der Waals surface area contributed by atoms with Crippen LogP contribution in [0.5, 0.6) is 0 Å². The number of nitrogens with two attached hydrogens (primary N) is 1. The van der Waals surface area contributed by atoms with E-state index in [1.165, 1.54) is 11.1 Å². The molecule has 0 saturated heterocycles. The summed E-state index contributed by atoms with van der Waals surface area (Å²) in [6, 6.07) is 12.9. The van der Waals surface area contributed by atoms with Gasteiger partial charge in [0.1, 0.15) is 0 Å². The van der Waals surface area contributed by atoms with Gasteiger partial charge >= 0.3 is 0 Å². The summed E-state index contributed by atoms with van der Waals surface area (Å²) in [5, 5.41) is 3.23. The van der Waals surface area contributed by atoms with Crippen molar-refractivity contribution in [2.45, 2.75) is 45.1 Å². The number of nitrogens with zero attached hydrogens (tertiary/aromatic N) is 1. The van der Waals surface area contributed by atoms with Crippen LogP contribution in [0.3, 0.4) is 0 Å². The van der Waals surface area contributed by atoms with E-state index in [1.54, 1.807) is 31.2 Å². The van der Waals surface area contributed by atoms with E-state index in [0.29, 0.717) is 19.0 Å². The molecular formula is C20H28N4O2S. The maximum atomic E-state index is 12.0. The van der Waals surface area contributed by atoms with Crippen LogP contribution >= 0.6 is 0 Å². The van der Waals surface area contributed by atoms with Gasteiger partial charge in [0.05, 0.1) is 11.4 Å². The molecule has 27 heavy (non-hydrogen) atoms. The van der Waals surface area contributed by atoms with Crippen molar-refractivity contribution >= 4 is 21.7 Å². The lowest BCUT2D eigenvalue weighted by molar-refractivity contribution is 0.584. The number of benzene rings is 2. The van der Waals surface area contributed by atoms with E-state index in [9.17, 15) is 8.42 Å².